The first-order chi connectivity index (χ1) is 21.1. The second-order valence-corrected chi connectivity index (χ2v) is 11.8. The molecule has 4 amide bonds. The van der Waals surface area contributed by atoms with Gasteiger partial charge in [0.05, 0.1) is 16.4 Å². The molecule has 0 saturated carbocycles. The van der Waals surface area contributed by atoms with Crippen LogP contribution in [0.15, 0.2) is 84.4 Å². The van der Waals surface area contributed by atoms with Gasteiger partial charge in [-0.15, -0.1) is 0 Å². The summed E-state index contributed by atoms with van der Waals surface area (Å²) in [5, 5.41) is 2.89. The van der Waals surface area contributed by atoms with E-state index < -0.39 is 17.8 Å². The number of benzene rings is 4. The van der Waals surface area contributed by atoms with Gasteiger partial charge >= 0.3 is 6.03 Å². The van der Waals surface area contributed by atoms with E-state index >= 15 is 0 Å². The number of aryl methyl sites for hydroxylation is 2. The summed E-state index contributed by atoms with van der Waals surface area (Å²) in [5.41, 5.74) is 4.87. The Morgan fingerprint density at radius 2 is 1.50 bits per heavy atom. The van der Waals surface area contributed by atoms with E-state index in [-0.39, 0.29) is 11.3 Å². The van der Waals surface area contributed by atoms with Crippen molar-refractivity contribution in [1.29, 1.82) is 0 Å². The topological polar surface area (TPSA) is 94.2 Å². The maximum absolute atomic E-state index is 13.5. The zero-order valence-electron chi connectivity index (χ0n) is 24.1. The highest BCUT2D eigenvalue weighted by Crippen LogP contribution is 2.36. The second kappa shape index (κ2) is 13.5. The van der Waals surface area contributed by atoms with Crippen LogP contribution < -0.4 is 24.4 Å². The van der Waals surface area contributed by atoms with Crippen LogP contribution in [0.25, 0.3) is 6.08 Å². The zero-order chi connectivity index (χ0) is 31.4. The van der Waals surface area contributed by atoms with Gasteiger partial charge in [-0.1, -0.05) is 53.1 Å². The number of hydrogen-bond donors (Lipinski definition) is 1. The summed E-state index contributed by atoms with van der Waals surface area (Å²) in [6.07, 6.45) is 1.43. The molecule has 5 rings (SSSR count). The SMILES string of the molecule is COc1cc(/C=C2\C(=O)NC(=O)N(c3ccc(OCc4ccc(Cl)cc4)cc3)C2=O)cc(I)c1OCc1cc(C)cc(C)c1. The summed E-state index contributed by atoms with van der Waals surface area (Å²) in [4.78, 5) is 39.9. The number of halogens is 2. The number of rotatable bonds is 9. The number of ether oxygens (including phenoxy) is 3. The highest BCUT2D eigenvalue weighted by molar-refractivity contribution is 14.1. The molecular weight excluding hydrogens is 695 g/mol. The van der Waals surface area contributed by atoms with E-state index in [0.717, 1.165) is 30.7 Å². The molecule has 4 aromatic carbocycles. The van der Waals surface area contributed by atoms with E-state index in [2.05, 4.69) is 46.1 Å². The summed E-state index contributed by atoms with van der Waals surface area (Å²) in [6.45, 7) is 4.74. The van der Waals surface area contributed by atoms with E-state index in [1.54, 1.807) is 48.5 Å². The fraction of sp³-hybridized carbons (Fsp3) is 0.147. The predicted octanol–water partition coefficient (Wildman–Crippen LogP) is 7.39. The van der Waals surface area contributed by atoms with Gasteiger partial charge in [0.25, 0.3) is 11.8 Å². The molecule has 0 unspecified atom stereocenters. The van der Waals surface area contributed by atoms with Gasteiger partial charge in [0, 0.05) is 5.02 Å². The van der Waals surface area contributed by atoms with Crippen LogP contribution in [0.3, 0.4) is 0 Å². The molecule has 8 nitrogen and oxygen atoms in total. The molecule has 1 fully saturated rings. The largest absolute Gasteiger partial charge is 0.493 e. The molecule has 10 heteroatoms. The van der Waals surface area contributed by atoms with Crippen LogP contribution in [0, 0.1) is 17.4 Å². The Bertz CT molecular complexity index is 1750. The molecule has 0 aromatic heterocycles. The third-order valence-corrected chi connectivity index (χ3v) is 7.80. The summed E-state index contributed by atoms with van der Waals surface area (Å²) in [6, 6.07) is 22.6. The maximum atomic E-state index is 13.5. The minimum absolute atomic E-state index is 0.200. The van der Waals surface area contributed by atoms with E-state index in [4.69, 9.17) is 25.8 Å². The van der Waals surface area contributed by atoms with Gasteiger partial charge in [-0.3, -0.25) is 14.9 Å². The smallest absolute Gasteiger partial charge is 0.335 e. The molecule has 0 spiro atoms. The van der Waals surface area contributed by atoms with E-state index in [1.807, 2.05) is 26.0 Å². The third kappa shape index (κ3) is 7.23. The lowest BCUT2D eigenvalue weighted by Crippen LogP contribution is -2.54. The van der Waals surface area contributed by atoms with Crippen molar-refractivity contribution in [2.75, 3.05) is 12.0 Å². The number of carbonyl (C=O) groups is 3. The van der Waals surface area contributed by atoms with Crippen molar-refractivity contribution in [1.82, 2.24) is 5.32 Å². The first kappa shape index (κ1) is 31.1. The number of nitrogens with one attached hydrogen (secondary N) is 1. The lowest BCUT2D eigenvalue weighted by atomic mass is 10.1. The van der Waals surface area contributed by atoms with Crippen LogP contribution in [-0.4, -0.2) is 25.0 Å². The molecule has 0 atom stereocenters. The summed E-state index contributed by atoms with van der Waals surface area (Å²) in [7, 11) is 1.52. The number of carbonyl (C=O) groups excluding carboxylic acids is 3. The number of hydrogen-bond acceptors (Lipinski definition) is 6. The summed E-state index contributed by atoms with van der Waals surface area (Å²) in [5.74, 6) is -0.00849. The lowest BCUT2D eigenvalue weighted by molar-refractivity contribution is -0.122. The fourth-order valence-corrected chi connectivity index (χ4v) is 5.68. The lowest BCUT2D eigenvalue weighted by Gasteiger charge is -2.26. The van der Waals surface area contributed by atoms with Crippen LogP contribution in [0.1, 0.15) is 27.8 Å². The van der Waals surface area contributed by atoms with Gasteiger partial charge in [-0.25, -0.2) is 9.69 Å². The monoisotopic (exact) mass is 722 g/mol. The molecule has 1 heterocycles. The number of anilines is 1. The van der Waals surface area contributed by atoms with Crippen LogP contribution >= 0.6 is 34.2 Å². The van der Waals surface area contributed by atoms with E-state index in [1.165, 1.54) is 13.2 Å². The Morgan fingerprint density at radius 1 is 0.841 bits per heavy atom. The highest BCUT2D eigenvalue weighted by atomic mass is 127. The van der Waals surface area contributed by atoms with Gasteiger partial charge in [-0.2, -0.15) is 0 Å². The number of amides is 4. The van der Waals surface area contributed by atoms with Gasteiger partial charge in [0.2, 0.25) is 0 Å². The number of urea groups is 1. The Kier molecular flexibility index (Phi) is 9.55. The van der Waals surface area contributed by atoms with Gasteiger partial charge in [0.15, 0.2) is 11.5 Å². The predicted molar refractivity (Wildman–Crippen MR) is 177 cm³/mol. The first-order valence-corrected chi connectivity index (χ1v) is 15.0. The average Bonchev–Trinajstić information content (AvgIpc) is 2.98. The second-order valence-electron chi connectivity index (χ2n) is 10.2. The molecule has 0 aliphatic carbocycles. The quantitative estimate of drug-likeness (QED) is 0.110. The number of nitrogens with zero attached hydrogens (tertiary/aromatic N) is 1. The molecule has 224 valence electrons. The molecule has 0 radical (unpaired) electrons. The normalized spacial score (nSPS) is 14.1. The Morgan fingerprint density at radius 3 is 2.16 bits per heavy atom. The number of methoxy groups -OCH3 is 1. The zero-order valence-corrected chi connectivity index (χ0v) is 27.1. The molecule has 4 aromatic rings. The molecule has 1 N–H and O–H groups in total. The van der Waals surface area contributed by atoms with Crippen molar-refractivity contribution in [2.45, 2.75) is 27.1 Å². The Labute approximate surface area is 273 Å². The minimum atomic E-state index is -0.839. The summed E-state index contributed by atoms with van der Waals surface area (Å²) < 4.78 is 18.2. The molecular formula is C34H28ClIN2O6. The highest BCUT2D eigenvalue weighted by Gasteiger charge is 2.37. The minimum Gasteiger partial charge on any atom is -0.493 e. The van der Waals surface area contributed by atoms with Crippen LogP contribution in [0.4, 0.5) is 10.5 Å². The Balaban J connectivity index is 1.34. The number of imide groups is 2. The molecule has 0 bridgehead atoms. The van der Waals surface area contributed by atoms with E-state index in [0.29, 0.717) is 41.0 Å². The Hall–Kier alpha value is -4.35. The van der Waals surface area contributed by atoms with Gasteiger partial charge < -0.3 is 14.2 Å². The standard InChI is InChI=1S/C34H28ClIN2O6/c1-20-12-21(2)14-24(13-20)19-44-31-29(36)16-23(17-30(31)42-3)15-28-32(39)37-34(41)38(33(28)40)26-8-10-27(11-9-26)43-18-22-4-6-25(35)7-5-22/h4-17H,18-19H2,1-3H3,(H,37,39,41)/b28-15+. The van der Waals surface area contributed by atoms with E-state index in [9.17, 15) is 14.4 Å². The third-order valence-electron chi connectivity index (χ3n) is 6.74. The first-order valence-electron chi connectivity index (χ1n) is 13.6. The van der Waals surface area contributed by atoms with Crippen LogP contribution in [0.5, 0.6) is 17.2 Å². The van der Waals surface area contributed by atoms with Gasteiger partial charge in [0.1, 0.15) is 24.5 Å². The molecule has 44 heavy (non-hydrogen) atoms. The molecule has 1 aliphatic heterocycles. The van der Waals surface area contributed by atoms with Crippen molar-refractivity contribution in [3.05, 3.63) is 121 Å². The molecule has 1 saturated heterocycles. The van der Waals surface area contributed by atoms with Crippen molar-refractivity contribution in [2.24, 2.45) is 0 Å². The van der Waals surface area contributed by atoms with Gasteiger partial charge in [-0.05, 0) is 108 Å². The summed E-state index contributed by atoms with van der Waals surface area (Å²) >= 11 is 8.06. The van der Waals surface area contributed by atoms with Crippen molar-refractivity contribution in [3.8, 4) is 17.2 Å². The fourth-order valence-electron chi connectivity index (χ4n) is 4.77. The average molecular weight is 723 g/mol. The van der Waals surface area contributed by atoms with Crippen molar-refractivity contribution < 1.29 is 28.6 Å². The molecule has 1 aliphatic rings. The maximum Gasteiger partial charge on any atom is 0.335 e. The van der Waals surface area contributed by atoms with Crippen LogP contribution in [-0.2, 0) is 22.8 Å². The van der Waals surface area contributed by atoms with Crippen molar-refractivity contribution >= 4 is 63.8 Å². The van der Waals surface area contributed by atoms with Crippen LogP contribution in [0.2, 0.25) is 5.02 Å². The van der Waals surface area contributed by atoms with Crippen molar-refractivity contribution in [3.63, 3.8) is 0 Å². The number of barbiturate groups is 1.